The van der Waals surface area contributed by atoms with Gasteiger partial charge in [0.15, 0.2) is 0 Å². The van der Waals surface area contributed by atoms with E-state index in [1.165, 1.54) is 0 Å². The minimum atomic E-state index is -0.732. The largest absolute Gasteiger partial charge is 0.491 e. The third kappa shape index (κ3) is 2.34. The van der Waals surface area contributed by atoms with E-state index in [2.05, 4.69) is 0 Å². The molecule has 0 unspecified atom stereocenters. The quantitative estimate of drug-likeness (QED) is 0.838. The van der Waals surface area contributed by atoms with Crippen molar-refractivity contribution >= 4 is 5.97 Å². The zero-order valence-corrected chi connectivity index (χ0v) is 10.3. The molecule has 1 aromatic carbocycles. The van der Waals surface area contributed by atoms with Gasteiger partial charge < -0.3 is 14.9 Å². The highest BCUT2D eigenvalue weighted by molar-refractivity contribution is 5.81. The van der Waals surface area contributed by atoms with Crippen LogP contribution in [0.2, 0.25) is 0 Å². The number of carboxylic acids is 1. The number of aliphatic carboxylic acids is 1. The zero-order chi connectivity index (χ0) is 13.0. The number of ether oxygens (including phenoxy) is 1. The summed E-state index contributed by atoms with van der Waals surface area (Å²) in [4.78, 5) is 11.5. The molecule has 98 valence electrons. The summed E-state index contributed by atoms with van der Waals surface area (Å²) in [6.07, 6.45) is 3.35. The first-order valence-electron chi connectivity index (χ1n) is 6.27. The van der Waals surface area contributed by atoms with Crippen molar-refractivity contribution < 1.29 is 19.7 Å². The van der Waals surface area contributed by atoms with E-state index in [0.717, 1.165) is 18.4 Å². The van der Waals surface area contributed by atoms with Gasteiger partial charge in [0.05, 0.1) is 12.0 Å². The molecule has 0 spiro atoms. The second kappa shape index (κ2) is 5.40. The lowest BCUT2D eigenvalue weighted by molar-refractivity contribution is -0.143. The molecule has 0 aliphatic heterocycles. The van der Waals surface area contributed by atoms with Crippen LogP contribution in [0.5, 0.6) is 5.75 Å². The first kappa shape index (κ1) is 12.9. The molecule has 1 saturated carbocycles. The predicted molar refractivity (Wildman–Crippen MR) is 66.8 cm³/mol. The third-order valence-electron chi connectivity index (χ3n) is 3.63. The van der Waals surface area contributed by atoms with Crippen molar-refractivity contribution in [2.75, 3.05) is 13.2 Å². The first-order chi connectivity index (χ1) is 8.69. The summed E-state index contributed by atoms with van der Waals surface area (Å²) >= 11 is 0. The highest BCUT2D eigenvalue weighted by atomic mass is 16.5. The summed E-state index contributed by atoms with van der Waals surface area (Å²) in [5.74, 6) is -0.0737. The molecule has 1 aliphatic rings. The second-order valence-electron chi connectivity index (χ2n) is 4.69. The van der Waals surface area contributed by atoms with Crippen LogP contribution in [0.15, 0.2) is 24.3 Å². The van der Waals surface area contributed by atoms with Gasteiger partial charge in [-0.3, -0.25) is 4.79 Å². The highest BCUT2D eigenvalue weighted by Crippen LogP contribution is 2.41. The minimum absolute atomic E-state index is 0.0270. The van der Waals surface area contributed by atoms with Crippen LogP contribution < -0.4 is 4.74 Å². The van der Waals surface area contributed by atoms with Gasteiger partial charge >= 0.3 is 5.97 Å². The van der Waals surface area contributed by atoms with Gasteiger partial charge in [0.2, 0.25) is 0 Å². The van der Waals surface area contributed by atoms with Crippen molar-refractivity contribution in [3.05, 3.63) is 29.8 Å². The molecule has 1 fully saturated rings. The van der Waals surface area contributed by atoms with Crippen molar-refractivity contribution in [1.82, 2.24) is 0 Å². The van der Waals surface area contributed by atoms with Crippen LogP contribution in [-0.2, 0) is 10.2 Å². The monoisotopic (exact) mass is 250 g/mol. The van der Waals surface area contributed by atoms with Gasteiger partial charge in [-0.05, 0) is 30.5 Å². The molecule has 0 bridgehead atoms. The maximum Gasteiger partial charge on any atom is 0.314 e. The molecule has 0 amide bonds. The van der Waals surface area contributed by atoms with Crippen LogP contribution in [0.25, 0.3) is 0 Å². The van der Waals surface area contributed by atoms with Crippen molar-refractivity contribution in [1.29, 1.82) is 0 Å². The number of hydrogen-bond acceptors (Lipinski definition) is 3. The van der Waals surface area contributed by atoms with Crippen molar-refractivity contribution in [3.8, 4) is 5.75 Å². The van der Waals surface area contributed by atoms with E-state index in [4.69, 9.17) is 9.84 Å². The fraction of sp³-hybridized carbons (Fsp3) is 0.500. The number of rotatable bonds is 5. The molecule has 0 atom stereocenters. The summed E-state index contributed by atoms with van der Waals surface area (Å²) in [7, 11) is 0. The fourth-order valence-corrected chi connectivity index (χ4v) is 2.64. The minimum Gasteiger partial charge on any atom is -0.491 e. The molecule has 0 aromatic heterocycles. The van der Waals surface area contributed by atoms with Gasteiger partial charge in [-0.25, -0.2) is 0 Å². The average Bonchev–Trinajstić information content (AvgIpc) is 2.87. The molecule has 0 radical (unpaired) electrons. The van der Waals surface area contributed by atoms with Gasteiger partial charge in [0.1, 0.15) is 12.4 Å². The van der Waals surface area contributed by atoms with E-state index in [-0.39, 0.29) is 13.2 Å². The Labute approximate surface area is 106 Å². The highest BCUT2D eigenvalue weighted by Gasteiger charge is 2.42. The normalized spacial score (nSPS) is 17.6. The maximum atomic E-state index is 11.5. The first-order valence-corrected chi connectivity index (χ1v) is 6.27. The van der Waals surface area contributed by atoms with Crippen molar-refractivity contribution in [3.63, 3.8) is 0 Å². The maximum absolute atomic E-state index is 11.5. The molecule has 18 heavy (non-hydrogen) atoms. The Hall–Kier alpha value is -1.55. The van der Waals surface area contributed by atoms with Crippen LogP contribution in [0.3, 0.4) is 0 Å². The Morgan fingerprint density at radius 3 is 2.33 bits per heavy atom. The molecule has 1 aliphatic carbocycles. The Bertz CT molecular complexity index is 404. The smallest absolute Gasteiger partial charge is 0.314 e. The van der Waals surface area contributed by atoms with E-state index < -0.39 is 11.4 Å². The Kier molecular flexibility index (Phi) is 3.87. The molecule has 0 saturated heterocycles. The van der Waals surface area contributed by atoms with E-state index in [9.17, 15) is 9.90 Å². The second-order valence-corrected chi connectivity index (χ2v) is 4.69. The van der Waals surface area contributed by atoms with Gasteiger partial charge in [0.25, 0.3) is 0 Å². The predicted octanol–water partition coefficient (Wildman–Crippen LogP) is 1.95. The SMILES string of the molecule is O=C(O)C1(c2ccc(OCCO)cc2)CCCC1. The van der Waals surface area contributed by atoms with Crippen molar-refractivity contribution in [2.24, 2.45) is 0 Å². The van der Waals surface area contributed by atoms with E-state index in [1.807, 2.05) is 12.1 Å². The third-order valence-corrected chi connectivity index (χ3v) is 3.63. The Balaban J connectivity index is 2.19. The van der Waals surface area contributed by atoms with Gasteiger partial charge in [-0.15, -0.1) is 0 Å². The fourth-order valence-electron chi connectivity index (χ4n) is 2.64. The zero-order valence-electron chi connectivity index (χ0n) is 10.3. The molecule has 4 nitrogen and oxygen atoms in total. The number of hydrogen-bond donors (Lipinski definition) is 2. The summed E-state index contributed by atoms with van der Waals surface area (Å²) in [5, 5.41) is 18.1. The number of carbonyl (C=O) groups is 1. The van der Waals surface area contributed by atoms with Crippen LogP contribution in [0.1, 0.15) is 31.2 Å². The summed E-state index contributed by atoms with van der Waals surface area (Å²) in [6, 6.07) is 7.19. The van der Waals surface area contributed by atoms with Crippen LogP contribution in [0, 0.1) is 0 Å². The average molecular weight is 250 g/mol. The Morgan fingerprint density at radius 2 is 1.83 bits per heavy atom. The Morgan fingerprint density at radius 1 is 1.22 bits per heavy atom. The number of aliphatic hydroxyl groups is 1. The van der Waals surface area contributed by atoms with Gasteiger partial charge in [-0.1, -0.05) is 25.0 Å². The standard InChI is InChI=1S/C14H18O4/c15-9-10-18-12-5-3-11(4-6-12)14(13(16)17)7-1-2-8-14/h3-6,15H,1-2,7-10H2,(H,16,17). The molecular formula is C14H18O4. The van der Waals surface area contributed by atoms with Gasteiger partial charge in [-0.2, -0.15) is 0 Å². The van der Waals surface area contributed by atoms with E-state index in [1.54, 1.807) is 12.1 Å². The molecule has 0 heterocycles. The summed E-state index contributed by atoms with van der Waals surface area (Å²) in [5.41, 5.74) is 0.138. The lowest BCUT2D eigenvalue weighted by Gasteiger charge is -2.24. The van der Waals surface area contributed by atoms with Crippen molar-refractivity contribution in [2.45, 2.75) is 31.1 Å². The lowest BCUT2D eigenvalue weighted by atomic mass is 9.79. The topological polar surface area (TPSA) is 66.8 Å². The molecule has 2 N–H and O–H groups in total. The van der Waals surface area contributed by atoms with Crippen LogP contribution >= 0.6 is 0 Å². The molecule has 4 heteroatoms. The van der Waals surface area contributed by atoms with E-state index in [0.29, 0.717) is 18.6 Å². The van der Waals surface area contributed by atoms with E-state index >= 15 is 0 Å². The summed E-state index contributed by atoms with van der Waals surface area (Å²) < 4.78 is 5.27. The van der Waals surface area contributed by atoms with Crippen LogP contribution in [0.4, 0.5) is 0 Å². The number of benzene rings is 1. The summed E-state index contributed by atoms with van der Waals surface area (Å²) in [6.45, 7) is 0.226. The number of aliphatic hydroxyl groups excluding tert-OH is 1. The lowest BCUT2D eigenvalue weighted by Crippen LogP contribution is -2.32. The molecule has 2 rings (SSSR count). The molecular weight excluding hydrogens is 232 g/mol. The molecule has 1 aromatic rings. The number of carboxylic acid groups (broad SMARTS) is 1. The van der Waals surface area contributed by atoms with Gasteiger partial charge in [0, 0.05) is 0 Å². The van der Waals surface area contributed by atoms with Crippen LogP contribution in [-0.4, -0.2) is 29.4 Å².